The van der Waals surface area contributed by atoms with E-state index in [1.54, 1.807) is 0 Å². The van der Waals surface area contributed by atoms with Crippen molar-refractivity contribution < 1.29 is 43.3 Å². The summed E-state index contributed by atoms with van der Waals surface area (Å²) in [5, 5.41) is 1.85. The summed E-state index contributed by atoms with van der Waals surface area (Å²) in [6.07, 6.45) is -0.767. The van der Waals surface area contributed by atoms with Crippen molar-refractivity contribution in [2.75, 3.05) is 30.9 Å². The SMILES string of the molecule is [2H]C1([2H])N(c2c(F)c(F)c3c(c2F)C(=O)N([C@@H]2CCC(=O)NC2=O)C3=O)C([2H])([2H])C([2H])([2H])N(C(C)C)C1([2H])[2H]. The Morgan fingerprint density at radius 1 is 0.935 bits per heavy atom. The minimum Gasteiger partial charge on any atom is -0.364 e. The number of nitrogens with zero attached hydrogens (tertiary/aromatic N) is 3. The molecule has 0 aromatic heterocycles. The normalized spacial score (nSPS) is 32.8. The smallest absolute Gasteiger partial charge is 0.265 e. The second-order valence-electron chi connectivity index (χ2n) is 7.23. The van der Waals surface area contributed by atoms with Gasteiger partial charge in [-0.05, 0) is 20.3 Å². The molecule has 0 aliphatic carbocycles. The molecule has 4 rings (SSSR count). The highest BCUT2D eigenvalue weighted by molar-refractivity contribution is 6.24. The van der Waals surface area contributed by atoms with E-state index in [4.69, 9.17) is 11.0 Å². The van der Waals surface area contributed by atoms with E-state index in [2.05, 4.69) is 0 Å². The molecule has 166 valence electrons. The molecule has 1 atom stereocenters. The number of piperidine rings is 1. The Bertz CT molecular complexity index is 1310. The molecule has 0 spiro atoms. The number of piperazine rings is 1. The van der Waals surface area contributed by atoms with Crippen LogP contribution in [0.25, 0.3) is 0 Å². The molecule has 1 aromatic rings. The van der Waals surface area contributed by atoms with Crippen LogP contribution in [-0.4, -0.2) is 71.5 Å². The predicted molar refractivity (Wildman–Crippen MR) is 102 cm³/mol. The van der Waals surface area contributed by atoms with Crippen molar-refractivity contribution in [2.24, 2.45) is 0 Å². The van der Waals surface area contributed by atoms with Crippen LogP contribution in [0.1, 0.15) is 58.4 Å². The maximum absolute atomic E-state index is 16.0. The van der Waals surface area contributed by atoms with Crippen LogP contribution in [0.15, 0.2) is 0 Å². The van der Waals surface area contributed by atoms with E-state index < -0.39 is 107 Å². The summed E-state index contributed by atoms with van der Waals surface area (Å²) in [4.78, 5) is 49.4. The van der Waals surface area contributed by atoms with Gasteiger partial charge in [0.15, 0.2) is 17.5 Å². The quantitative estimate of drug-likeness (QED) is 0.551. The number of carbonyl (C=O) groups excluding carboxylic acids is 4. The van der Waals surface area contributed by atoms with Gasteiger partial charge in [-0.2, -0.15) is 0 Å². The van der Waals surface area contributed by atoms with Gasteiger partial charge in [-0.3, -0.25) is 34.3 Å². The third kappa shape index (κ3) is 3.27. The Balaban J connectivity index is 1.97. The Hall–Kier alpha value is -2.95. The van der Waals surface area contributed by atoms with E-state index in [1.165, 1.54) is 13.8 Å². The fraction of sp³-hybridized carbons (Fsp3) is 0.500. The number of amides is 4. The average Bonchev–Trinajstić information content (AvgIpc) is 3.03. The molecule has 2 saturated heterocycles. The van der Waals surface area contributed by atoms with Gasteiger partial charge >= 0.3 is 0 Å². The molecule has 3 aliphatic rings. The lowest BCUT2D eigenvalue weighted by Crippen LogP contribution is -2.54. The first-order valence-electron chi connectivity index (χ1n) is 13.2. The number of rotatable bonds is 3. The van der Waals surface area contributed by atoms with Crippen molar-refractivity contribution in [3.05, 3.63) is 28.6 Å². The third-order valence-corrected chi connectivity index (χ3v) is 4.99. The van der Waals surface area contributed by atoms with Gasteiger partial charge in [-0.15, -0.1) is 0 Å². The largest absolute Gasteiger partial charge is 0.364 e. The highest BCUT2D eigenvalue weighted by atomic mass is 19.2. The van der Waals surface area contributed by atoms with Gasteiger partial charge in [0.05, 0.1) is 16.6 Å². The standard InChI is InChI=1S/C20H21F3N4O4/c1-9(2)25-5-7-26(8-6-25)17-15(22)13-12(14(21)16(17)23)19(30)27(20(13)31)10-3-4-11(28)24-18(10)29/h9-10H,3-8H2,1-2H3,(H,24,28,29)/t10-/m1/s1/i5D2,6D2,7D2,8D2. The van der Waals surface area contributed by atoms with Crippen LogP contribution in [0.2, 0.25) is 0 Å². The molecule has 3 heterocycles. The Kier molecular flexibility index (Phi) is 3.31. The molecule has 1 aromatic carbocycles. The fourth-order valence-corrected chi connectivity index (χ4v) is 3.42. The van der Waals surface area contributed by atoms with Gasteiger partial charge in [0.1, 0.15) is 11.7 Å². The number of carbonyl (C=O) groups is 4. The molecule has 0 bridgehead atoms. The number of benzene rings is 1. The zero-order valence-corrected chi connectivity index (χ0v) is 16.2. The second-order valence-corrected chi connectivity index (χ2v) is 7.23. The molecule has 3 aliphatic heterocycles. The van der Waals surface area contributed by atoms with Crippen LogP contribution >= 0.6 is 0 Å². The van der Waals surface area contributed by atoms with E-state index in [-0.39, 0.29) is 16.2 Å². The molecule has 0 radical (unpaired) electrons. The summed E-state index contributed by atoms with van der Waals surface area (Å²) in [6, 6.07) is -2.90. The van der Waals surface area contributed by atoms with Crippen molar-refractivity contribution in [1.29, 1.82) is 0 Å². The molecule has 2 fully saturated rings. The molecule has 0 saturated carbocycles. The van der Waals surface area contributed by atoms with Crippen LogP contribution in [0, 0.1) is 17.5 Å². The zero-order valence-electron chi connectivity index (χ0n) is 24.2. The van der Waals surface area contributed by atoms with Gasteiger partial charge in [0.25, 0.3) is 11.8 Å². The number of fused-ring (bicyclic) bond motifs is 1. The zero-order chi connectivity index (χ0) is 29.8. The molecule has 1 N–H and O–H groups in total. The van der Waals surface area contributed by atoms with Crippen molar-refractivity contribution in [3.8, 4) is 0 Å². The van der Waals surface area contributed by atoms with Crippen molar-refractivity contribution in [2.45, 2.75) is 38.8 Å². The highest BCUT2D eigenvalue weighted by Crippen LogP contribution is 2.38. The lowest BCUT2D eigenvalue weighted by Gasteiger charge is -2.38. The van der Waals surface area contributed by atoms with Crippen molar-refractivity contribution >= 4 is 29.3 Å². The first-order chi connectivity index (χ1) is 17.7. The summed E-state index contributed by atoms with van der Waals surface area (Å²) in [7, 11) is 0. The lowest BCUT2D eigenvalue weighted by atomic mass is 10.0. The van der Waals surface area contributed by atoms with E-state index in [0.717, 1.165) is 0 Å². The minimum atomic E-state index is -3.80. The second kappa shape index (κ2) is 7.63. The minimum absolute atomic E-state index is 0.0976. The van der Waals surface area contributed by atoms with Crippen LogP contribution < -0.4 is 10.2 Å². The highest BCUT2D eigenvalue weighted by Gasteiger charge is 2.49. The van der Waals surface area contributed by atoms with E-state index in [0.29, 0.717) is 0 Å². The molecular weight excluding hydrogens is 417 g/mol. The predicted octanol–water partition coefficient (Wildman–Crippen LogP) is 1.04. The molecule has 8 nitrogen and oxygen atoms in total. The van der Waals surface area contributed by atoms with E-state index in [1.807, 2.05) is 5.32 Å². The van der Waals surface area contributed by atoms with E-state index in [9.17, 15) is 19.2 Å². The molecule has 31 heavy (non-hydrogen) atoms. The van der Waals surface area contributed by atoms with Gasteiger partial charge in [0.2, 0.25) is 11.8 Å². The molecular formula is C20H21F3N4O4. The number of imide groups is 2. The number of nitrogens with one attached hydrogen (secondary N) is 1. The number of hydrogen-bond donors (Lipinski definition) is 1. The number of halogens is 3. The topological polar surface area (TPSA) is 90.0 Å². The van der Waals surface area contributed by atoms with Crippen LogP contribution in [-0.2, 0) is 9.59 Å². The fourth-order valence-electron chi connectivity index (χ4n) is 3.42. The van der Waals surface area contributed by atoms with Gasteiger partial charge in [-0.1, -0.05) is 0 Å². The summed E-state index contributed by atoms with van der Waals surface area (Å²) in [5.74, 6) is -12.0. The maximum Gasteiger partial charge on any atom is 0.265 e. The van der Waals surface area contributed by atoms with Gasteiger partial charge in [-0.25, -0.2) is 13.2 Å². The summed E-state index contributed by atoms with van der Waals surface area (Å²) >= 11 is 0. The number of anilines is 1. The lowest BCUT2D eigenvalue weighted by molar-refractivity contribution is -0.136. The summed E-state index contributed by atoms with van der Waals surface area (Å²) in [6.45, 7) is -12.1. The Labute approximate surface area is 187 Å². The van der Waals surface area contributed by atoms with Crippen LogP contribution in [0.5, 0.6) is 0 Å². The number of hydrogen-bond acceptors (Lipinski definition) is 6. The average molecular weight is 446 g/mol. The van der Waals surface area contributed by atoms with Gasteiger partial charge in [0, 0.05) is 43.9 Å². The van der Waals surface area contributed by atoms with E-state index >= 15 is 13.2 Å². The van der Waals surface area contributed by atoms with Gasteiger partial charge < -0.3 is 4.90 Å². The molecule has 0 unspecified atom stereocenters. The monoisotopic (exact) mass is 446 g/mol. The molecule has 11 heteroatoms. The first-order valence-corrected chi connectivity index (χ1v) is 9.17. The Morgan fingerprint density at radius 3 is 2.06 bits per heavy atom. The summed E-state index contributed by atoms with van der Waals surface area (Å²) < 4.78 is 113. The molecule has 4 amide bonds. The Morgan fingerprint density at radius 2 is 1.52 bits per heavy atom. The van der Waals surface area contributed by atoms with Crippen molar-refractivity contribution in [3.63, 3.8) is 0 Å². The first kappa shape index (κ1) is 13.5. The van der Waals surface area contributed by atoms with Crippen molar-refractivity contribution in [1.82, 2.24) is 15.1 Å². The van der Waals surface area contributed by atoms with Crippen LogP contribution in [0.4, 0.5) is 18.9 Å². The van der Waals surface area contributed by atoms with Crippen LogP contribution in [0.3, 0.4) is 0 Å². The third-order valence-electron chi connectivity index (χ3n) is 4.99. The summed E-state index contributed by atoms with van der Waals surface area (Å²) in [5.41, 5.74) is -4.93. The maximum atomic E-state index is 16.0.